The lowest BCUT2D eigenvalue weighted by Crippen LogP contribution is -2.45. The SMILES string of the molecule is CN(C(=O)OC(C)(C)C)C(C)(C)c1cc(C=O)nc(-c2ccc(F)c(Cl)c2)c1. The number of carbonyl (C=O) groups is 2. The van der Waals surface area contributed by atoms with Crippen molar-refractivity contribution in [3.8, 4) is 11.3 Å². The Kier molecular flexibility index (Phi) is 6.14. The van der Waals surface area contributed by atoms with E-state index in [1.54, 1.807) is 40.0 Å². The highest BCUT2D eigenvalue weighted by Gasteiger charge is 2.33. The number of aromatic nitrogens is 1. The van der Waals surface area contributed by atoms with Gasteiger partial charge in [0.25, 0.3) is 0 Å². The molecule has 1 amide bonds. The molecule has 28 heavy (non-hydrogen) atoms. The average molecular weight is 407 g/mol. The zero-order chi connectivity index (χ0) is 21.3. The first-order valence-electron chi connectivity index (χ1n) is 8.75. The molecule has 0 saturated heterocycles. The van der Waals surface area contributed by atoms with Crippen LogP contribution >= 0.6 is 11.6 Å². The van der Waals surface area contributed by atoms with Crippen LogP contribution in [0.2, 0.25) is 5.02 Å². The molecule has 0 saturated carbocycles. The second-order valence-electron chi connectivity index (χ2n) is 8.01. The zero-order valence-electron chi connectivity index (χ0n) is 16.8. The predicted octanol–water partition coefficient (Wildman–Crippen LogP) is 5.46. The number of halogens is 2. The fourth-order valence-electron chi connectivity index (χ4n) is 2.52. The van der Waals surface area contributed by atoms with Crippen molar-refractivity contribution in [1.29, 1.82) is 0 Å². The molecular formula is C21H24ClFN2O3. The van der Waals surface area contributed by atoms with Gasteiger partial charge in [0.2, 0.25) is 0 Å². The molecule has 1 heterocycles. The molecule has 5 nitrogen and oxygen atoms in total. The van der Waals surface area contributed by atoms with Crippen LogP contribution in [0.5, 0.6) is 0 Å². The quantitative estimate of drug-likeness (QED) is 0.633. The second-order valence-corrected chi connectivity index (χ2v) is 8.42. The number of amides is 1. The first-order chi connectivity index (χ1) is 12.8. The van der Waals surface area contributed by atoms with Gasteiger partial charge in [0.15, 0.2) is 6.29 Å². The molecule has 2 aromatic rings. The summed E-state index contributed by atoms with van der Waals surface area (Å²) in [4.78, 5) is 29.7. The van der Waals surface area contributed by atoms with E-state index in [0.29, 0.717) is 23.1 Å². The molecule has 0 fully saturated rings. The fourth-order valence-corrected chi connectivity index (χ4v) is 2.70. The molecule has 0 aliphatic rings. The van der Waals surface area contributed by atoms with Crippen molar-refractivity contribution in [2.24, 2.45) is 0 Å². The number of benzene rings is 1. The van der Waals surface area contributed by atoms with Gasteiger partial charge in [-0.2, -0.15) is 0 Å². The minimum absolute atomic E-state index is 0.0394. The van der Waals surface area contributed by atoms with Crippen molar-refractivity contribution in [1.82, 2.24) is 9.88 Å². The van der Waals surface area contributed by atoms with E-state index in [2.05, 4.69) is 4.98 Å². The van der Waals surface area contributed by atoms with Crippen LogP contribution in [-0.4, -0.2) is 34.9 Å². The van der Waals surface area contributed by atoms with E-state index in [1.165, 1.54) is 23.1 Å². The maximum atomic E-state index is 13.5. The number of pyridine rings is 1. The molecule has 0 aliphatic carbocycles. The van der Waals surface area contributed by atoms with E-state index in [0.717, 1.165) is 0 Å². The molecule has 0 aliphatic heterocycles. The standard InChI is InChI=1S/C21H24ClFN2O3/c1-20(2,3)28-19(27)25(6)21(4,5)14-10-15(12-26)24-18(11-14)13-7-8-17(23)16(22)9-13/h7-12H,1-6H3. The van der Waals surface area contributed by atoms with Crippen molar-refractivity contribution < 1.29 is 18.7 Å². The van der Waals surface area contributed by atoms with E-state index >= 15 is 0 Å². The molecular weight excluding hydrogens is 383 g/mol. The van der Waals surface area contributed by atoms with Crippen molar-refractivity contribution in [2.45, 2.75) is 45.8 Å². The van der Waals surface area contributed by atoms with E-state index in [1.807, 2.05) is 13.8 Å². The summed E-state index contributed by atoms with van der Waals surface area (Å²) in [7, 11) is 1.63. The van der Waals surface area contributed by atoms with Gasteiger partial charge in [-0.3, -0.25) is 4.79 Å². The van der Waals surface area contributed by atoms with E-state index < -0.39 is 23.1 Å². The van der Waals surface area contributed by atoms with Gasteiger partial charge in [0.05, 0.1) is 16.3 Å². The summed E-state index contributed by atoms with van der Waals surface area (Å²) in [5.41, 5.74) is 0.442. The predicted molar refractivity (Wildman–Crippen MR) is 107 cm³/mol. The van der Waals surface area contributed by atoms with E-state index in [4.69, 9.17) is 16.3 Å². The number of hydrogen-bond donors (Lipinski definition) is 0. The largest absolute Gasteiger partial charge is 0.444 e. The molecule has 0 bridgehead atoms. The highest BCUT2D eigenvalue weighted by atomic mass is 35.5. The second kappa shape index (κ2) is 7.87. The molecule has 0 N–H and O–H groups in total. The normalized spacial score (nSPS) is 11.9. The summed E-state index contributed by atoms with van der Waals surface area (Å²) in [5.74, 6) is -0.540. The van der Waals surface area contributed by atoms with Crippen molar-refractivity contribution in [2.75, 3.05) is 7.05 Å². The summed E-state index contributed by atoms with van der Waals surface area (Å²) < 4.78 is 18.9. The molecule has 150 valence electrons. The Labute approximate surface area is 169 Å². The van der Waals surface area contributed by atoms with Crippen molar-refractivity contribution in [3.63, 3.8) is 0 Å². The Morgan fingerprint density at radius 2 is 1.82 bits per heavy atom. The Morgan fingerprint density at radius 3 is 2.36 bits per heavy atom. The van der Waals surface area contributed by atoms with Crippen LogP contribution in [0.25, 0.3) is 11.3 Å². The van der Waals surface area contributed by atoms with Gasteiger partial charge >= 0.3 is 6.09 Å². The maximum Gasteiger partial charge on any atom is 0.410 e. The molecule has 1 aromatic heterocycles. The van der Waals surface area contributed by atoms with Gasteiger partial charge in [-0.15, -0.1) is 0 Å². The molecule has 0 unspecified atom stereocenters. The Bertz CT molecular complexity index is 907. The van der Waals surface area contributed by atoms with Crippen LogP contribution in [0.4, 0.5) is 9.18 Å². The van der Waals surface area contributed by atoms with Crippen LogP contribution in [0.3, 0.4) is 0 Å². The van der Waals surface area contributed by atoms with Gasteiger partial charge in [0.1, 0.15) is 17.1 Å². The zero-order valence-corrected chi connectivity index (χ0v) is 17.6. The van der Waals surface area contributed by atoms with Crippen molar-refractivity contribution >= 4 is 24.0 Å². The van der Waals surface area contributed by atoms with E-state index in [9.17, 15) is 14.0 Å². The topological polar surface area (TPSA) is 59.5 Å². The van der Waals surface area contributed by atoms with Gasteiger partial charge < -0.3 is 9.64 Å². The highest BCUT2D eigenvalue weighted by molar-refractivity contribution is 6.31. The Hall–Kier alpha value is -2.47. The summed E-state index contributed by atoms with van der Waals surface area (Å²) in [6.45, 7) is 9.04. The van der Waals surface area contributed by atoms with Crippen LogP contribution in [0.1, 0.15) is 50.7 Å². The number of aldehydes is 1. The summed E-state index contributed by atoms with van der Waals surface area (Å²) in [5, 5.41) is -0.0394. The summed E-state index contributed by atoms with van der Waals surface area (Å²) >= 11 is 5.88. The molecule has 0 radical (unpaired) electrons. The Morgan fingerprint density at radius 1 is 1.18 bits per heavy atom. The van der Waals surface area contributed by atoms with Crippen molar-refractivity contribution in [3.05, 3.63) is 52.4 Å². The minimum atomic E-state index is -0.804. The molecule has 0 atom stereocenters. The Balaban J connectivity index is 2.50. The smallest absolute Gasteiger partial charge is 0.410 e. The van der Waals surface area contributed by atoms with Crippen LogP contribution in [0, 0.1) is 5.82 Å². The molecule has 7 heteroatoms. The molecule has 0 spiro atoms. The third-order valence-corrected chi connectivity index (χ3v) is 4.68. The molecule has 1 aromatic carbocycles. The number of ether oxygens (including phenoxy) is 1. The van der Waals surface area contributed by atoms with E-state index in [-0.39, 0.29) is 10.7 Å². The molecule has 2 rings (SSSR count). The van der Waals surface area contributed by atoms with Gasteiger partial charge in [-0.25, -0.2) is 14.2 Å². The number of nitrogens with zero attached hydrogens (tertiary/aromatic N) is 2. The third-order valence-electron chi connectivity index (χ3n) is 4.39. The monoisotopic (exact) mass is 406 g/mol. The number of carbonyl (C=O) groups excluding carboxylic acids is 2. The first kappa shape index (κ1) is 21.8. The summed E-state index contributed by atoms with van der Waals surface area (Å²) in [6.07, 6.45) is 0.134. The summed E-state index contributed by atoms with van der Waals surface area (Å²) in [6, 6.07) is 7.58. The van der Waals surface area contributed by atoms with Crippen LogP contribution in [0.15, 0.2) is 30.3 Å². The first-order valence-corrected chi connectivity index (χ1v) is 9.13. The van der Waals surface area contributed by atoms with Gasteiger partial charge in [-0.1, -0.05) is 11.6 Å². The van der Waals surface area contributed by atoms with Gasteiger partial charge in [-0.05, 0) is 70.5 Å². The highest BCUT2D eigenvalue weighted by Crippen LogP contribution is 2.32. The van der Waals surface area contributed by atoms with Crippen LogP contribution in [-0.2, 0) is 10.3 Å². The maximum absolute atomic E-state index is 13.5. The van der Waals surface area contributed by atoms with Crippen LogP contribution < -0.4 is 0 Å². The third kappa shape index (κ3) is 4.87. The lowest BCUT2D eigenvalue weighted by molar-refractivity contribution is 0.0104. The average Bonchev–Trinajstić information content (AvgIpc) is 2.61. The minimum Gasteiger partial charge on any atom is -0.444 e. The lowest BCUT2D eigenvalue weighted by Gasteiger charge is -2.37. The number of rotatable bonds is 4. The lowest BCUT2D eigenvalue weighted by atomic mass is 9.91. The number of hydrogen-bond acceptors (Lipinski definition) is 4. The fraction of sp³-hybridized carbons (Fsp3) is 0.381. The van der Waals surface area contributed by atoms with Gasteiger partial charge in [0, 0.05) is 12.6 Å².